The summed E-state index contributed by atoms with van der Waals surface area (Å²) < 4.78 is 5.85. The van der Waals surface area contributed by atoms with E-state index in [0.717, 1.165) is 5.56 Å². The summed E-state index contributed by atoms with van der Waals surface area (Å²) in [7, 11) is 1.75. The van der Waals surface area contributed by atoms with Gasteiger partial charge in [-0.25, -0.2) is 4.98 Å². The van der Waals surface area contributed by atoms with Crippen LogP contribution < -0.4 is 0 Å². The molecule has 0 aliphatic carbocycles. The third kappa shape index (κ3) is 3.47. The van der Waals surface area contributed by atoms with Crippen LogP contribution in [0.3, 0.4) is 0 Å². The molecule has 3 aromatic rings. The predicted molar refractivity (Wildman–Crippen MR) is 106 cm³/mol. The highest BCUT2D eigenvalue weighted by Gasteiger charge is 2.33. The molecule has 1 atom stereocenters. The first-order valence-corrected chi connectivity index (χ1v) is 9.50. The van der Waals surface area contributed by atoms with E-state index in [0.29, 0.717) is 47.1 Å². The third-order valence-electron chi connectivity index (χ3n) is 5.06. The molecule has 0 N–H and O–H groups in total. The first-order valence-electron chi connectivity index (χ1n) is 9.12. The molecular weight excluding hydrogens is 378 g/mol. The monoisotopic (exact) mass is 397 g/mol. The molecule has 1 aliphatic rings. The van der Waals surface area contributed by atoms with E-state index >= 15 is 0 Å². The number of fused-ring (bicyclic) bond motifs is 1. The maximum atomic E-state index is 12.9. The Balaban J connectivity index is 1.58. The van der Waals surface area contributed by atoms with Gasteiger partial charge in [0.25, 0.3) is 5.91 Å². The number of carbonyl (C=O) groups is 2. The maximum absolute atomic E-state index is 12.9. The molecule has 0 spiro atoms. The highest BCUT2D eigenvalue weighted by Crippen LogP contribution is 2.22. The zero-order chi connectivity index (χ0) is 19.8. The average molecular weight is 398 g/mol. The Morgan fingerprint density at radius 2 is 2.07 bits per heavy atom. The summed E-state index contributed by atoms with van der Waals surface area (Å²) in [5, 5.41) is 0.664. The molecule has 1 aliphatic heterocycles. The van der Waals surface area contributed by atoms with Gasteiger partial charge in [-0.05, 0) is 42.8 Å². The van der Waals surface area contributed by atoms with Gasteiger partial charge in [-0.3, -0.25) is 9.59 Å². The standard InChI is InChI=1S/C21H20ClN3O3/c1-13-20(26)24(2)8-9-25(13)21(27)15-6-7-17-18(12-15)28-19(23-17)11-14-4-3-5-16(22)10-14/h3-7,10,12-13H,8-9,11H2,1-2H3/t13-/m0/s1. The summed E-state index contributed by atoms with van der Waals surface area (Å²) in [6, 6.07) is 12.3. The normalized spacial score (nSPS) is 17.4. The van der Waals surface area contributed by atoms with Gasteiger partial charge < -0.3 is 14.2 Å². The summed E-state index contributed by atoms with van der Waals surface area (Å²) in [4.78, 5) is 32.8. The number of oxazole rings is 1. The van der Waals surface area contributed by atoms with Crippen molar-refractivity contribution in [3.8, 4) is 0 Å². The number of halogens is 1. The Morgan fingerprint density at radius 3 is 2.86 bits per heavy atom. The van der Waals surface area contributed by atoms with Gasteiger partial charge in [0.2, 0.25) is 5.91 Å². The molecule has 144 valence electrons. The van der Waals surface area contributed by atoms with Crippen molar-refractivity contribution in [3.05, 3.63) is 64.5 Å². The molecule has 2 aromatic carbocycles. The van der Waals surface area contributed by atoms with Crippen LogP contribution in [-0.4, -0.2) is 52.8 Å². The smallest absolute Gasteiger partial charge is 0.254 e. The molecule has 4 rings (SSSR count). The number of rotatable bonds is 3. The fourth-order valence-electron chi connectivity index (χ4n) is 3.46. The number of aromatic nitrogens is 1. The lowest BCUT2D eigenvalue weighted by Gasteiger charge is -2.37. The molecule has 7 heteroatoms. The van der Waals surface area contributed by atoms with Gasteiger partial charge in [0.15, 0.2) is 11.5 Å². The number of nitrogens with zero attached hydrogens (tertiary/aromatic N) is 3. The van der Waals surface area contributed by atoms with Crippen molar-refractivity contribution < 1.29 is 14.0 Å². The van der Waals surface area contributed by atoms with E-state index in [1.54, 1.807) is 42.0 Å². The molecule has 0 saturated carbocycles. The molecule has 28 heavy (non-hydrogen) atoms. The van der Waals surface area contributed by atoms with Gasteiger partial charge in [0.05, 0.1) is 0 Å². The zero-order valence-electron chi connectivity index (χ0n) is 15.7. The Hall–Kier alpha value is -2.86. The Morgan fingerprint density at radius 1 is 1.25 bits per heavy atom. The Kier molecular flexibility index (Phi) is 4.81. The molecule has 0 radical (unpaired) electrons. The second-order valence-corrected chi connectivity index (χ2v) is 7.47. The van der Waals surface area contributed by atoms with Crippen LogP contribution in [0.25, 0.3) is 11.1 Å². The average Bonchev–Trinajstić information content (AvgIpc) is 3.07. The van der Waals surface area contributed by atoms with E-state index in [9.17, 15) is 9.59 Å². The number of carbonyl (C=O) groups excluding carboxylic acids is 2. The lowest BCUT2D eigenvalue weighted by molar-refractivity contribution is -0.137. The minimum absolute atomic E-state index is 0.0517. The molecule has 1 fully saturated rings. The summed E-state index contributed by atoms with van der Waals surface area (Å²) in [5.41, 5.74) is 2.73. The maximum Gasteiger partial charge on any atom is 0.254 e. The lowest BCUT2D eigenvalue weighted by atomic mass is 10.1. The van der Waals surface area contributed by atoms with E-state index in [1.807, 2.05) is 24.3 Å². The van der Waals surface area contributed by atoms with Crippen molar-refractivity contribution in [3.63, 3.8) is 0 Å². The number of hydrogen-bond acceptors (Lipinski definition) is 4. The first kappa shape index (κ1) is 18.5. The molecular formula is C21H20ClN3O3. The quantitative estimate of drug-likeness (QED) is 0.679. The SMILES string of the molecule is C[C@H]1C(=O)N(C)CCN1C(=O)c1ccc2nc(Cc3cccc(Cl)c3)oc2c1. The molecule has 6 nitrogen and oxygen atoms in total. The fourth-order valence-corrected chi connectivity index (χ4v) is 3.67. The van der Waals surface area contributed by atoms with Crippen molar-refractivity contribution in [1.82, 2.24) is 14.8 Å². The van der Waals surface area contributed by atoms with Crippen LogP contribution in [0.1, 0.15) is 28.7 Å². The van der Waals surface area contributed by atoms with Crippen molar-refractivity contribution in [2.75, 3.05) is 20.1 Å². The lowest BCUT2D eigenvalue weighted by Crippen LogP contribution is -2.56. The first-order chi connectivity index (χ1) is 13.4. The van der Waals surface area contributed by atoms with Gasteiger partial charge >= 0.3 is 0 Å². The molecule has 0 bridgehead atoms. The molecule has 2 amide bonds. The summed E-state index contributed by atoms with van der Waals surface area (Å²) in [6.07, 6.45) is 0.516. The molecule has 2 heterocycles. The van der Waals surface area contributed by atoms with Crippen molar-refractivity contribution in [2.45, 2.75) is 19.4 Å². The van der Waals surface area contributed by atoms with Gasteiger partial charge in [0, 0.05) is 37.1 Å². The Labute approximate surface area is 167 Å². The second-order valence-electron chi connectivity index (χ2n) is 7.03. The zero-order valence-corrected chi connectivity index (χ0v) is 16.4. The Bertz CT molecular complexity index is 1060. The van der Waals surface area contributed by atoms with Crippen molar-refractivity contribution in [1.29, 1.82) is 0 Å². The van der Waals surface area contributed by atoms with E-state index in [1.165, 1.54) is 0 Å². The number of amides is 2. The number of piperazine rings is 1. The predicted octanol–water partition coefficient (Wildman–Crippen LogP) is 3.37. The van der Waals surface area contributed by atoms with Gasteiger partial charge in [-0.15, -0.1) is 0 Å². The fraction of sp³-hybridized carbons (Fsp3) is 0.286. The van der Waals surface area contributed by atoms with Crippen molar-refractivity contribution in [2.24, 2.45) is 0 Å². The van der Waals surface area contributed by atoms with Crippen molar-refractivity contribution >= 4 is 34.5 Å². The third-order valence-corrected chi connectivity index (χ3v) is 5.30. The number of hydrogen-bond donors (Lipinski definition) is 0. The number of benzene rings is 2. The van der Waals surface area contributed by atoms with E-state index in [-0.39, 0.29) is 11.8 Å². The molecule has 0 unspecified atom stereocenters. The summed E-state index contributed by atoms with van der Waals surface area (Å²) in [6.45, 7) is 2.80. The van der Waals surface area contributed by atoms with Crippen LogP contribution in [0.5, 0.6) is 0 Å². The van der Waals surface area contributed by atoms with Crippen LogP contribution >= 0.6 is 11.6 Å². The van der Waals surface area contributed by atoms with Gasteiger partial charge in [-0.1, -0.05) is 23.7 Å². The van der Waals surface area contributed by atoms with E-state index in [2.05, 4.69) is 4.98 Å². The van der Waals surface area contributed by atoms with Crippen LogP contribution in [0, 0.1) is 0 Å². The van der Waals surface area contributed by atoms with E-state index in [4.69, 9.17) is 16.0 Å². The summed E-state index contributed by atoms with van der Waals surface area (Å²) in [5.74, 6) is 0.331. The highest BCUT2D eigenvalue weighted by molar-refractivity contribution is 6.30. The van der Waals surface area contributed by atoms with Gasteiger partial charge in [0.1, 0.15) is 11.6 Å². The van der Waals surface area contributed by atoms with Crippen LogP contribution in [0.2, 0.25) is 5.02 Å². The minimum atomic E-state index is -0.477. The van der Waals surface area contributed by atoms with Crippen LogP contribution in [0.15, 0.2) is 46.9 Å². The van der Waals surface area contributed by atoms with E-state index < -0.39 is 6.04 Å². The minimum Gasteiger partial charge on any atom is -0.440 e. The second kappa shape index (κ2) is 7.28. The van der Waals surface area contributed by atoms with Gasteiger partial charge in [-0.2, -0.15) is 0 Å². The largest absolute Gasteiger partial charge is 0.440 e. The number of likely N-dealkylation sites (N-methyl/N-ethyl adjacent to an activating group) is 1. The molecule has 1 aromatic heterocycles. The highest BCUT2D eigenvalue weighted by atomic mass is 35.5. The topological polar surface area (TPSA) is 66.7 Å². The summed E-state index contributed by atoms with van der Waals surface area (Å²) >= 11 is 6.03. The van der Waals surface area contributed by atoms with Crippen LogP contribution in [-0.2, 0) is 11.2 Å². The van der Waals surface area contributed by atoms with Crippen LogP contribution in [0.4, 0.5) is 0 Å². The molecule has 1 saturated heterocycles.